The average molecular weight is 307 g/mol. The molecule has 1 saturated heterocycles. The summed E-state index contributed by atoms with van der Waals surface area (Å²) in [6, 6.07) is 1.02. The number of halogens is 2. The zero-order chi connectivity index (χ0) is 14.9. The molecule has 1 aliphatic heterocycles. The van der Waals surface area contributed by atoms with Gasteiger partial charge < -0.3 is 9.84 Å². The van der Waals surface area contributed by atoms with Gasteiger partial charge in [0.05, 0.1) is 25.2 Å². The molecule has 2 atom stereocenters. The van der Waals surface area contributed by atoms with Crippen LogP contribution in [0.15, 0.2) is 23.1 Å². The van der Waals surface area contributed by atoms with Crippen LogP contribution in [0.4, 0.5) is 8.78 Å². The van der Waals surface area contributed by atoms with Crippen LogP contribution in [0.5, 0.6) is 0 Å². The van der Waals surface area contributed by atoms with Crippen molar-refractivity contribution in [3.05, 3.63) is 29.8 Å². The van der Waals surface area contributed by atoms with E-state index in [1.807, 2.05) is 0 Å². The van der Waals surface area contributed by atoms with Gasteiger partial charge >= 0.3 is 5.97 Å². The molecule has 0 aromatic heterocycles. The molecule has 0 radical (unpaired) electrons. The monoisotopic (exact) mass is 307 g/mol. The molecule has 0 spiro atoms. The van der Waals surface area contributed by atoms with Gasteiger partial charge in [-0.1, -0.05) is 0 Å². The molecule has 2 N–H and O–H groups in total. The molecule has 1 fully saturated rings. The topological polar surface area (TPSA) is 92.7 Å². The number of aliphatic carboxylic acids is 1. The van der Waals surface area contributed by atoms with E-state index in [-0.39, 0.29) is 13.2 Å². The summed E-state index contributed by atoms with van der Waals surface area (Å²) in [7, 11) is -4.29. The van der Waals surface area contributed by atoms with Gasteiger partial charge in [-0.05, 0) is 12.1 Å². The minimum absolute atomic E-state index is 0.126. The molecule has 2 rings (SSSR count). The van der Waals surface area contributed by atoms with Gasteiger partial charge in [-0.3, -0.25) is 4.79 Å². The van der Waals surface area contributed by atoms with Crippen molar-refractivity contribution in [2.24, 2.45) is 5.92 Å². The zero-order valence-electron chi connectivity index (χ0n) is 10.0. The Kier molecular flexibility index (Phi) is 4.02. The van der Waals surface area contributed by atoms with Crippen molar-refractivity contribution in [3.8, 4) is 0 Å². The van der Waals surface area contributed by atoms with Crippen LogP contribution < -0.4 is 4.72 Å². The molecule has 110 valence electrons. The van der Waals surface area contributed by atoms with Crippen LogP contribution in [0.3, 0.4) is 0 Å². The molecule has 0 saturated carbocycles. The van der Waals surface area contributed by atoms with E-state index in [0.29, 0.717) is 6.07 Å². The highest BCUT2D eigenvalue weighted by molar-refractivity contribution is 7.89. The first-order valence-corrected chi connectivity index (χ1v) is 7.07. The lowest BCUT2D eigenvalue weighted by Gasteiger charge is -2.16. The number of hydrogen-bond acceptors (Lipinski definition) is 4. The predicted octanol–water partition coefficient (Wildman–Crippen LogP) is 0.343. The Morgan fingerprint density at radius 1 is 1.35 bits per heavy atom. The number of carbonyl (C=O) groups is 1. The summed E-state index contributed by atoms with van der Waals surface area (Å²) < 4.78 is 57.1. The SMILES string of the molecule is O=C(O)C1COCC1NS(=O)(=O)c1ccc(F)cc1F. The Morgan fingerprint density at radius 2 is 2.05 bits per heavy atom. The Bertz CT molecular complexity index is 634. The van der Waals surface area contributed by atoms with Gasteiger partial charge in [-0.2, -0.15) is 0 Å². The van der Waals surface area contributed by atoms with Gasteiger partial charge in [0, 0.05) is 6.07 Å². The minimum Gasteiger partial charge on any atom is -0.481 e. The lowest BCUT2D eigenvalue weighted by atomic mass is 10.1. The number of ether oxygens (including phenoxy) is 1. The third-order valence-electron chi connectivity index (χ3n) is 2.89. The summed E-state index contributed by atoms with van der Waals surface area (Å²) in [4.78, 5) is 10.2. The molecule has 1 aromatic carbocycles. The van der Waals surface area contributed by atoms with E-state index in [2.05, 4.69) is 4.72 Å². The fraction of sp³-hybridized carbons (Fsp3) is 0.364. The third kappa shape index (κ3) is 2.94. The third-order valence-corrected chi connectivity index (χ3v) is 4.41. The molecule has 1 aromatic rings. The molecule has 20 heavy (non-hydrogen) atoms. The van der Waals surface area contributed by atoms with Gasteiger partial charge in [-0.25, -0.2) is 21.9 Å². The maximum Gasteiger partial charge on any atom is 0.310 e. The van der Waals surface area contributed by atoms with E-state index in [9.17, 15) is 22.0 Å². The first kappa shape index (κ1) is 14.8. The van der Waals surface area contributed by atoms with Crippen molar-refractivity contribution in [1.82, 2.24) is 4.72 Å². The van der Waals surface area contributed by atoms with Crippen molar-refractivity contribution in [1.29, 1.82) is 0 Å². The maximum atomic E-state index is 13.5. The van der Waals surface area contributed by atoms with Crippen molar-refractivity contribution in [2.45, 2.75) is 10.9 Å². The molecule has 2 unspecified atom stereocenters. The summed E-state index contributed by atoms with van der Waals surface area (Å²) in [5.41, 5.74) is 0. The van der Waals surface area contributed by atoms with Crippen LogP contribution in [0.2, 0.25) is 0 Å². The fourth-order valence-electron chi connectivity index (χ4n) is 1.87. The summed E-state index contributed by atoms with van der Waals surface area (Å²) in [5, 5.41) is 8.90. The van der Waals surface area contributed by atoms with Crippen LogP contribution in [-0.4, -0.2) is 38.7 Å². The number of carboxylic acid groups (broad SMARTS) is 1. The second-order valence-electron chi connectivity index (χ2n) is 4.28. The second-order valence-corrected chi connectivity index (χ2v) is 5.97. The summed E-state index contributed by atoms with van der Waals surface area (Å²) >= 11 is 0. The predicted molar refractivity (Wildman–Crippen MR) is 62.4 cm³/mol. The molecule has 0 bridgehead atoms. The number of hydrogen-bond donors (Lipinski definition) is 2. The molecular formula is C11H11F2NO5S. The van der Waals surface area contributed by atoms with Crippen molar-refractivity contribution in [2.75, 3.05) is 13.2 Å². The summed E-state index contributed by atoms with van der Waals surface area (Å²) in [5.74, 6) is -4.42. The van der Waals surface area contributed by atoms with Gasteiger partial charge in [0.15, 0.2) is 0 Å². The highest BCUT2D eigenvalue weighted by Gasteiger charge is 2.37. The van der Waals surface area contributed by atoms with E-state index in [1.165, 1.54) is 0 Å². The summed E-state index contributed by atoms with van der Waals surface area (Å²) in [6.45, 7) is -0.257. The van der Waals surface area contributed by atoms with Crippen LogP contribution in [-0.2, 0) is 19.6 Å². The van der Waals surface area contributed by atoms with Crippen molar-refractivity contribution in [3.63, 3.8) is 0 Å². The van der Waals surface area contributed by atoms with Gasteiger partial charge in [0.2, 0.25) is 10.0 Å². The fourth-order valence-corrected chi connectivity index (χ4v) is 3.19. The Labute approximate surface area is 113 Å². The first-order valence-electron chi connectivity index (χ1n) is 5.59. The molecular weight excluding hydrogens is 296 g/mol. The average Bonchev–Trinajstić information content (AvgIpc) is 2.75. The number of carboxylic acids is 1. The van der Waals surface area contributed by atoms with Gasteiger partial charge in [0.25, 0.3) is 0 Å². The van der Waals surface area contributed by atoms with Gasteiger partial charge in [-0.15, -0.1) is 0 Å². The van der Waals surface area contributed by atoms with Crippen LogP contribution in [0.25, 0.3) is 0 Å². The Hall–Kier alpha value is -1.58. The Morgan fingerprint density at radius 3 is 2.65 bits per heavy atom. The quantitative estimate of drug-likeness (QED) is 0.837. The number of benzene rings is 1. The standard InChI is InChI=1S/C11H11F2NO5S/c12-6-1-2-10(8(13)3-6)20(17,18)14-9-5-19-4-7(9)11(15)16/h1-3,7,9,14H,4-5H2,(H,15,16). The maximum absolute atomic E-state index is 13.5. The number of sulfonamides is 1. The molecule has 1 heterocycles. The molecule has 0 amide bonds. The number of rotatable bonds is 4. The van der Waals surface area contributed by atoms with Crippen molar-refractivity contribution >= 4 is 16.0 Å². The van der Waals surface area contributed by atoms with E-state index < -0.39 is 44.5 Å². The van der Waals surface area contributed by atoms with Crippen LogP contribution in [0, 0.1) is 17.6 Å². The van der Waals surface area contributed by atoms with E-state index in [0.717, 1.165) is 12.1 Å². The van der Waals surface area contributed by atoms with E-state index in [4.69, 9.17) is 9.84 Å². The van der Waals surface area contributed by atoms with E-state index in [1.54, 1.807) is 0 Å². The van der Waals surface area contributed by atoms with Crippen LogP contribution in [0.1, 0.15) is 0 Å². The lowest BCUT2D eigenvalue weighted by molar-refractivity contribution is -0.142. The molecule has 1 aliphatic rings. The molecule has 9 heteroatoms. The largest absolute Gasteiger partial charge is 0.481 e. The number of nitrogens with one attached hydrogen (secondary N) is 1. The first-order chi connectivity index (χ1) is 9.31. The van der Waals surface area contributed by atoms with E-state index >= 15 is 0 Å². The Balaban J connectivity index is 2.25. The zero-order valence-corrected chi connectivity index (χ0v) is 10.9. The smallest absolute Gasteiger partial charge is 0.310 e. The molecule has 6 nitrogen and oxygen atoms in total. The minimum atomic E-state index is -4.29. The second kappa shape index (κ2) is 5.43. The van der Waals surface area contributed by atoms with Crippen LogP contribution >= 0.6 is 0 Å². The highest BCUT2D eigenvalue weighted by atomic mass is 32.2. The highest BCUT2D eigenvalue weighted by Crippen LogP contribution is 2.20. The normalized spacial score (nSPS) is 22.9. The van der Waals surface area contributed by atoms with Gasteiger partial charge in [0.1, 0.15) is 16.5 Å². The molecule has 0 aliphatic carbocycles. The summed E-state index contributed by atoms with van der Waals surface area (Å²) in [6.07, 6.45) is 0. The lowest BCUT2D eigenvalue weighted by Crippen LogP contribution is -2.42. The van der Waals surface area contributed by atoms with Crippen molar-refractivity contribution < 1.29 is 31.8 Å².